The van der Waals surface area contributed by atoms with Gasteiger partial charge in [0, 0.05) is 5.56 Å². The highest BCUT2D eigenvalue weighted by Gasteiger charge is 2.35. The molecule has 2 heterocycles. The molecule has 8 nitrogen and oxygen atoms in total. The van der Waals surface area contributed by atoms with Crippen LogP contribution in [0.3, 0.4) is 0 Å². The molecule has 4 rings (SSSR count). The van der Waals surface area contributed by atoms with Crippen molar-refractivity contribution in [1.29, 1.82) is 0 Å². The maximum Gasteiger partial charge on any atom is 0.338 e. The Kier molecular flexibility index (Phi) is 8.13. The highest BCUT2D eigenvalue weighted by atomic mass is 32.1. The molecule has 0 radical (unpaired) electrons. The molecule has 0 saturated heterocycles. The molecule has 0 saturated carbocycles. The molecule has 0 amide bonds. The van der Waals surface area contributed by atoms with E-state index in [0.717, 1.165) is 5.56 Å². The van der Waals surface area contributed by atoms with Crippen LogP contribution in [0.1, 0.15) is 44.9 Å². The second kappa shape index (κ2) is 11.5. The Bertz CT molecular complexity index is 1520. The van der Waals surface area contributed by atoms with Gasteiger partial charge in [0.2, 0.25) is 0 Å². The lowest BCUT2D eigenvalue weighted by Crippen LogP contribution is -2.40. The highest BCUT2D eigenvalue weighted by Crippen LogP contribution is 2.36. The van der Waals surface area contributed by atoms with E-state index in [1.54, 1.807) is 37.7 Å². The average Bonchev–Trinajstić information content (AvgIpc) is 3.18. The normalized spacial score (nSPS) is 15.2. The van der Waals surface area contributed by atoms with Crippen molar-refractivity contribution in [2.24, 2.45) is 4.99 Å². The quantitative estimate of drug-likeness (QED) is 0.399. The van der Waals surface area contributed by atoms with Crippen LogP contribution in [0.5, 0.6) is 17.2 Å². The first-order valence-electron chi connectivity index (χ1n) is 12.2. The van der Waals surface area contributed by atoms with Gasteiger partial charge in [-0.15, -0.1) is 0 Å². The number of carbonyl (C=O) groups is 1. The predicted octanol–water partition coefficient (Wildman–Crippen LogP) is 3.60. The van der Waals surface area contributed by atoms with Gasteiger partial charge >= 0.3 is 5.97 Å². The number of carbonyl (C=O) groups excluding carboxylic acids is 1. The summed E-state index contributed by atoms with van der Waals surface area (Å²) in [6.45, 7) is 8.43. The smallest absolute Gasteiger partial charge is 0.338 e. The summed E-state index contributed by atoms with van der Waals surface area (Å²) in [5.74, 6) is 1.29. The zero-order chi connectivity index (χ0) is 26.5. The zero-order valence-electron chi connectivity index (χ0n) is 21.6. The molecule has 9 heteroatoms. The fourth-order valence-corrected chi connectivity index (χ4v) is 5.33. The molecule has 1 aromatic heterocycles. The third-order valence-electron chi connectivity index (χ3n) is 5.82. The third kappa shape index (κ3) is 5.17. The van der Waals surface area contributed by atoms with Gasteiger partial charge in [-0.05, 0) is 57.5 Å². The predicted molar refractivity (Wildman–Crippen MR) is 142 cm³/mol. The van der Waals surface area contributed by atoms with Gasteiger partial charge in [0.05, 0.1) is 42.7 Å². The maximum atomic E-state index is 13.8. The Labute approximate surface area is 219 Å². The number of methoxy groups -OCH3 is 1. The largest absolute Gasteiger partial charge is 0.494 e. The number of hydrogen-bond acceptors (Lipinski definition) is 8. The van der Waals surface area contributed by atoms with Crippen LogP contribution < -0.4 is 29.1 Å². The van der Waals surface area contributed by atoms with Gasteiger partial charge in [-0.1, -0.05) is 35.6 Å². The monoisotopic (exact) mass is 522 g/mol. The summed E-state index contributed by atoms with van der Waals surface area (Å²) in [5.41, 5.74) is 2.03. The van der Waals surface area contributed by atoms with E-state index in [9.17, 15) is 9.59 Å². The Morgan fingerprint density at radius 2 is 1.76 bits per heavy atom. The van der Waals surface area contributed by atoms with E-state index in [0.29, 0.717) is 56.6 Å². The highest BCUT2D eigenvalue weighted by molar-refractivity contribution is 7.07. The molecule has 2 aromatic carbocycles. The maximum absolute atomic E-state index is 13.8. The van der Waals surface area contributed by atoms with E-state index in [4.69, 9.17) is 18.9 Å². The van der Waals surface area contributed by atoms with Crippen molar-refractivity contribution in [1.82, 2.24) is 4.57 Å². The van der Waals surface area contributed by atoms with Crippen molar-refractivity contribution in [3.8, 4) is 17.2 Å². The number of fused-ring (bicyclic) bond motifs is 1. The van der Waals surface area contributed by atoms with Gasteiger partial charge in [-0.3, -0.25) is 9.36 Å². The van der Waals surface area contributed by atoms with Crippen LogP contribution in [-0.2, 0) is 9.53 Å². The van der Waals surface area contributed by atoms with Crippen LogP contribution in [-0.4, -0.2) is 37.5 Å². The molecule has 0 aliphatic carbocycles. The second-order valence-electron chi connectivity index (χ2n) is 8.12. The van der Waals surface area contributed by atoms with Crippen molar-refractivity contribution < 1.29 is 23.7 Å². The molecule has 194 valence electrons. The third-order valence-corrected chi connectivity index (χ3v) is 6.80. The molecule has 1 atom stereocenters. The molecule has 1 aliphatic rings. The van der Waals surface area contributed by atoms with Gasteiger partial charge in [0.15, 0.2) is 16.3 Å². The SMILES string of the molecule is CCOC(=O)C1=C(C)N=c2s/c(=C\c3ccc(OC)c(OCC)c3)c(=O)n2[C@H]1c1ccccc1OCC. The first kappa shape index (κ1) is 26.2. The van der Waals surface area contributed by atoms with Crippen molar-refractivity contribution in [2.75, 3.05) is 26.9 Å². The number of nitrogens with zero attached hydrogens (tertiary/aromatic N) is 2. The lowest BCUT2D eigenvalue weighted by Gasteiger charge is -2.26. The summed E-state index contributed by atoms with van der Waals surface area (Å²) < 4.78 is 24.4. The van der Waals surface area contributed by atoms with Crippen LogP contribution in [0.2, 0.25) is 0 Å². The summed E-state index contributed by atoms with van der Waals surface area (Å²) in [4.78, 5) is 32.1. The van der Waals surface area contributed by atoms with Crippen LogP contribution in [0.25, 0.3) is 6.08 Å². The number of para-hydroxylation sites is 1. The van der Waals surface area contributed by atoms with E-state index in [1.807, 2.05) is 50.2 Å². The Balaban J connectivity index is 1.94. The molecular weight excluding hydrogens is 492 g/mol. The van der Waals surface area contributed by atoms with E-state index in [-0.39, 0.29) is 12.2 Å². The average molecular weight is 523 g/mol. The Morgan fingerprint density at radius 3 is 2.46 bits per heavy atom. The van der Waals surface area contributed by atoms with Gasteiger partial charge in [0.25, 0.3) is 5.56 Å². The minimum Gasteiger partial charge on any atom is -0.494 e. The number of allylic oxidation sites excluding steroid dienone is 1. The number of rotatable bonds is 9. The molecule has 0 unspecified atom stereocenters. The zero-order valence-corrected chi connectivity index (χ0v) is 22.4. The van der Waals surface area contributed by atoms with Crippen LogP contribution >= 0.6 is 11.3 Å². The number of benzene rings is 2. The first-order valence-corrected chi connectivity index (χ1v) is 13.0. The van der Waals surface area contributed by atoms with Gasteiger partial charge in [-0.2, -0.15) is 0 Å². The molecular formula is C28H30N2O6S. The Morgan fingerprint density at radius 1 is 1.03 bits per heavy atom. The van der Waals surface area contributed by atoms with Gasteiger partial charge in [-0.25, -0.2) is 9.79 Å². The summed E-state index contributed by atoms with van der Waals surface area (Å²) in [6, 6.07) is 12.2. The first-order chi connectivity index (χ1) is 17.9. The molecule has 0 fully saturated rings. The standard InChI is InChI=1S/C28H30N2O6S/c1-6-34-20-12-10-9-11-19(20)25-24(27(32)36-8-3)17(4)29-28-30(25)26(31)23(37-28)16-18-13-14-21(33-5)22(15-18)35-7-2/h9-16,25H,6-8H2,1-5H3/b23-16-/t25-/m0/s1. The van der Waals surface area contributed by atoms with E-state index in [1.165, 1.54) is 11.3 Å². The van der Waals surface area contributed by atoms with Crippen molar-refractivity contribution >= 4 is 23.4 Å². The molecule has 0 bridgehead atoms. The lowest BCUT2D eigenvalue weighted by molar-refractivity contribution is -0.139. The number of esters is 1. The van der Waals surface area contributed by atoms with Crippen molar-refractivity contribution in [3.05, 3.63) is 84.5 Å². The minimum atomic E-state index is -0.741. The Hall–Kier alpha value is -3.85. The van der Waals surface area contributed by atoms with Crippen LogP contribution in [0.15, 0.2) is 63.5 Å². The fraction of sp³-hybridized carbons (Fsp3) is 0.321. The van der Waals surface area contributed by atoms with Crippen LogP contribution in [0.4, 0.5) is 0 Å². The summed E-state index contributed by atoms with van der Waals surface area (Å²) in [6.07, 6.45) is 1.79. The number of thiazole rings is 1. The number of aromatic nitrogens is 1. The number of ether oxygens (including phenoxy) is 4. The lowest BCUT2D eigenvalue weighted by atomic mass is 9.95. The molecule has 0 N–H and O–H groups in total. The van der Waals surface area contributed by atoms with E-state index in [2.05, 4.69) is 4.99 Å². The summed E-state index contributed by atoms with van der Waals surface area (Å²) in [7, 11) is 1.58. The topological polar surface area (TPSA) is 88.4 Å². The van der Waals surface area contributed by atoms with Crippen LogP contribution in [0, 0.1) is 0 Å². The molecule has 0 spiro atoms. The summed E-state index contributed by atoms with van der Waals surface area (Å²) >= 11 is 1.26. The minimum absolute atomic E-state index is 0.208. The molecule has 1 aliphatic heterocycles. The van der Waals surface area contributed by atoms with Crippen molar-refractivity contribution in [2.45, 2.75) is 33.7 Å². The summed E-state index contributed by atoms with van der Waals surface area (Å²) in [5, 5.41) is 0. The number of hydrogen-bond donors (Lipinski definition) is 0. The van der Waals surface area contributed by atoms with E-state index >= 15 is 0 Å². The van der Waals surface area contributed by atoms with Crippen molar-refractivity contribution in [3.63, 3.8) is 0 Å². The van der Waals surface area contributed by atoms with E-state index < -0.39 is 12.0 Å². The molecule has 3 aromatic rings. The van der Waals surface area contributed by atoms with Gasteiger partial charge in [0.1, 0.15) is 11.8 Å². The fourth-order valence-electron chi connectivity index (χ4n) is 4.28. The second-order valence-corrected chi connectivity index (χ2v) is 9.13. The van der Waals surface area contributed by atoms with Gasteiger partial charge < -0.3 is 18.9 Å². The molecule has 37 heavy (non-hydrogen) atoms.